The summed E-state index contributed by atoms with van der Waals surface area (Å²) >= 11 is 0. The molecule has 0 unspecified atom stereocenters. The van der Waals surface area contributed by atoms with E-state index < -0.39 is 5.97 Å². The number of hydrogen-bond acceptors (Lipinski definition) is 4. The molecule has 82 valence electrons. The van der Waals surface area contributed by atoms with Crippen molar-refractivity contribution in [1.29, 1.82) is 0 Å². The first-order valence-corrected chi connectivity index (χ1v) is 4.92. The van der Waals surface area contributed by atoms with Gasteiger partial charge in [0.15, 0.2) is 5.69 Å². The number of carboxylic acid groups (broad SMARTS) is 1. The van der Waals surface area contributed by atoms with E-state index in [-0.39, 0.29) is 11.6 Å². The number of hydrogen-bond donors (Lipinski definition) is 1. The van der Waals surface area contributed by atoms with Gasteiger partial charge in [-0.15, -0.1) is 0 Å². The Balaban J connectivity index is 2.47. The highest BCUT2D eigenvalue weighted by atomic mass is 16.5. The Hall–Kier alpha value is -1.65. The van der Waals surface area contributed by atoms with Gasteiger partial charge in [0.2, 0.25) is 5.88 Å². The number of nitrogens with zero attached hydrogens (tertiary/aromatic N) is 2. The average molecular weight is 210 g/mol. The lowest BCUT2D eigenvalue weighted by Crippen LogP contribution is -2.05. The van der Waals surface area contributed by atoms with Gasteiger partial charge in [0.05, 0.1) is 19.0 Å². The first kappa shape index (κ1) is 11.4. The standard InChI is InChI=1S/C10H14N2O3/c1-2-3-4-5-15-9-7-11-6-8(12-9)10(13)14/h6-7H,2-5H2,1H3,(H,13,14). The van der Waals surface area contributed by atoms with E-state index >= 15 is 0 Å². The van der Waals surface area contributed by atoms with Crippen molar-refractivity contribution in [1.82, 2.24) is 9.97 Å². The maximum Gasteiger partial charge on any atom is 0.356 e. The molecule has 0 saturated heterocycles. The maximum atomic E-state index is 10.6. The number of rotatable bonds is 6. The number of carboxylic acids is 1. The molecule has 15 heavy (non-hydrogen) atoms. The Morgan fingerprint density at radius 3 is 2.93 bits per heavy atom. The lowest BCUT2D eigenvalue weighted by Gasteiger charge is -2.04. The van der Waals surface area contributed by atoms with Crippen molar-refractivity contribution < 1.29 is 14.6 Å². The molecule has 0 fully saturated rings. The second-order valence-corrected chi connectivity index (χ2v) is 3.10. The average Bonchev–Trinajstić information content (AvgIpc) is 2.25. The molecule has 0 atom stereocenters. The summed E-state index contributed by atoms with van der Waals surface area (Å²) in [4.78, 5) is 18.1. The van der Waals surface area contributed by atoms with Crippen LogP contribution in [-0.2, 0) is 0 Å². The third-order valence-corrected chi connectivity index (χ3v) is 1.83. The van der Waals surface area contributed by atoms with Crippen molar-refractivity contribution in [3.05, 3.63) is 18.1 Å². The van der Waals surface area contributed by atoms with Crippen molar-refractivity contribution in [2.75, 3.05) is 6.61 Å². The molecule has 0 aliphatic heterocycles. The highest BCUT2D eigenvalue weighted by Gasteiger charge is 2.06. The van der Waals surface area contributed by atoms with Crippen LogP contribution in [0.15, 0.2) is 12.4 Å². The molecule has 1 heterocycles. The van der Waals surface area contributed by atoms with Crippen LogP contribution in [0.25, 0.3) is 0 Å². The van der Waals surface area contributed by atoms with Gasteiger partial charge >= 0.3 is 5.97 Å². The Morgan fingerprint density at radius 2 is 2.27 bits per heavy atom. The van der Waals surface area contributed by atoms with Crippen molar-refractivity contribution >= 4 is 5.97 Å². The number of unbranched alkanes of at least 4 members (excludes halogenated alkanes) is 2. The molecule has 1 rings (SSSR count). The van der Waals surface area contributed by atoms with Crippen LogP contribution in [0.3, 0.4) is 0 Å². The van der Waals surface area contributed by atoms with E-state index in [0.717, 1.165) is 19.3 Å². The number of ether oxygens (including phenoxy) is 1. The van der Waals surface area contributed by atoms with Gasteiger partial charge in [0, 0.05) is 0 Å². The predicted molar refractivity (Wildman–Crippen MR) is 54.0 cm³/mol. The smallest absolute Gasteiger partial charge is 0.356 e. The van der Waals surface area contributed by atoms with Crippen molar-refractivity contribution in [3.8, 4) is 5.88 Å². The predicted octanol–water partition coefficient (Wildman–Crippen LogP) is 1.74. The Bertz CT molecular complexity index is 328. The summed E-state index contributed by atoms with van der Waals surface area (Å²) in [7, 11) is 0. The van der Waals surface area contributed by atoms with E-state index in [1.165, 1.54) is 12.4 Å². The van der Waals surface area contributed by atoms with Crippen molar-refractivity contribution in [2.45, 2.75) is 26.2 Å². The van der Waals surface area contributed by atoms with Crippen molar-refractivity contribution in [3.63, 3.8) is 0 Å². The van der Waals surface area contributed by atoms with Crippen LogP contribution in [0.1, 0.15) is 36.7 Å². The number of carbonyl (C=O) groups is 1. The summed E-state index contributed by atoms with van der Waals surface area (Å²) < 4.78 is 5.26. The molecule has 0 aliphatic rings. The fourth-order valence-corrected chi connectivity index (χ4v) is 1.05. The summed E-state index contributed by atoms with van der Waals surface area (Å²) in [6.07, 6.45) is 5.76. The zero-order valence-electron chi connectivity index (χ0n) is 8.64. The Morgan fingerprint density at radius 1 is 1.47 bits per heavy atom. The van der Waals surface area contributed by atoms with Gasteiger partial charge in [-0.1, -0.05) is 19.8 Å². The highest BCUT2D eigenvalue weighted by Crippen LogP contribution is 2.06. The van der Waals surface area contributed by atoms with Crippen LogP contribution >= 0.6 is 0 Å². The molecule has 1 N–H and O–H groups in total. The third kappa shape index (κ3) is 3.93. The normalized spacial score (nSPS) is 9.93. The molecule has 1 aromatic rings. The summed E-state index contributed by atoms with van der Waals surface area (Å²) in [5, 5.41) is 8.66. The first-order valence-electron chi connectivity index (χ1n) is 4.92. The van der Waals surface area contributed by atoms with Gasteiger partial charge < -0.3 is 9.84 Å². The molecular weight excluding hydrogens is 196 g/mol. The maximum absolute atomic E-state index is 10.6. The van der Waals surface area contributed by atoms with Crippen molar-refractivity contribution in [2.24, 2.45) is 0 Å². The van der Waals surface area contributed by atoms with Crippen LogP contribution < -0.4 is 4.74 Å². The lowest BCUT2D eigenvalue weighted by molar-refractivity contribution is 0.0688. The van der Waals surface area contributed by atoms with Crippen LogP contribution in [0.2, 0.25) is 0 Å². The summed E-state index contributed by atoms with van der Waals surface area (Å²) in [6.45, 7) is 2.65. The fraction of sp³-hybridized carbons (Fsp3) is 0.500. The molecule has 0 radical (unpaired) electrons. The SMILES string of the molecule is CCCCCOc1cncc(C(=O)O)n1. The minimum absolute atomic E-state index is 0.0945. The zero-order valence-corrected chi connectivity index (χ0v) is 8.64. The first-order chi connectivity index (χ1) is 7.24. The monoisotopic (exact) mass is 210 g/mol. The topological polar surface area (TPSA) is 72.3 Å². The largest absolute Gasteiger partial charge is 0.477 e. The molecule has 0 amide bonds. The van der Waals surface area contributed by atoms with Gasteiger partial charge in [-0.2, -0.15) is 0 Å². The van der Waals surface area contributed by atoms with Crippen LogP contribution in [0.4, 0.5) is 0 Å². The molecule has 0 aromatic carbocycles. The van der Waals surface area contributed by atoms with Crippen LogP contribution in [-0.4, -0.2) is 27.7 Å². The summed E-state index contributed by atoms with van der Waals surface area (Å²) in [5.74, 6) is -0.826. The van der Waals surface area contributed by atoms with Gasteiger partial charge in [0.25, 0.3) is 0 Å². The van der Waals surface area contributed by atoms with Gasteiger partial charge in [-0.3, -0.25) is 4.98 Å². The second kappa shape index (κ2) is 5.95. The van der Waals surface area contributed by atoms with E-state index in [2.05, 4.69) is 16.9 Å². The van der Waals surface area contributed by atoms with Crippen LogP contribution in [0.5, 0.6) is 5.88 Å². The zero-order chi connectivity index (χ0) is 11.1. The van der Waals surface area contributed by atoms with Gasteiger partial charge in [-0.25, -0.2) is 9.78 Å². The molecule has 0 bridgehead atoms. The molecule has 0 saturated carbocycles. The Kier molecular flexibility index (Phi) is 4.53. The van der Waals surface area contributed by atoms with Crippen LogP contribution in [0, 0.1) is 0 Å². The van der Waals surface area contributed by atoms with E-state index in [9.17, 15) is 4.79 Å². The minimum atomic E-state index is -1.10. The van der Waals surface area contributed by atoms with E-state index in [1.54, 1.807) is 0 Å². The fourth-order valence-electron chi connectivity index (χ4n) is 1.05. The third-order valence-electron chi connectivity index (χ3n) is 1.83. The second-order valence-electron chi connectivity index (χ2n) is 3.10. The lowest BCUT2D eigenvalue weighted by atomic mass is 10.3. The van der Waals surface area contributed by atoms with E-state index in [4.69, 9.17) is 9.84 Å². The number of aromatic nitrogens is 2. The number of aromatic carboxylic acids is 1. The minimum Gasteiger partial charge on any atom is -0.477 e. The molecule has 0 aliphatic carbocycles. The summed E-state index contributed by atoms with van der Waals surface area (Å²) in [6, 6.07) is 0. The highest BCUT2D eigenvalue weighted by molar-refractivity contribution is 5.84. The van der Waals surface area contributed by atoms with Gasteiger partial charge in [-0.05, 0) is 6.42 Å². The molecular formula is C10H14N2O3. The molecule has 1 aromatic heterocycles. The van der Waals surface area contributed by atoms with E-state index in [0.29, 0.717) is 6.61 Å². The molecule has 0 spiro atoms. The summed E-state index contributed by atoms with van der Waals surface area (Å²) in [5.41, 5.74) is -0.0945. The molecule has 5 nitrogen and oxygen atoms in total. The van der Waals surface area contributed by atoms with Gasteiger partial charge in [0.1, 0.15) is 0 Å². The quantitative estimate of drug-likeness (QED) is 0.724. The van der Waals surface area contributed by atoms with E-state index in [1.807, 2.05) is 0 Å². The molecule has 5 heteroatoms. The Labute approximate surface area is 88.1 Å².